The number of nitrogens with zero attached hydrogens (tertiary/aromatic N) is 6. The standard InChI is InChI=1S/C36H26N8O4/c1-45-17-11-13-19-23(15-17)33-38-29(19)37-31-21-7-5-10-26(48-4)28(21)36(42-31)44-34-24-16-18(46-2)12-14-20(24)30(39-34)41-35-27-22(32(40-33)43-35)8-6-9-25(27)47-3/h5-16H,1-4H3,(H2,37,38,39,40,41,42,43,44). The molecule has 0 atom stereocenters. The Balaban J connectivity index is 1.50. The van der Waals surface area contributed by atoms with Crippen LogP contribution in [0.2, 0.25) is 0 Å². The highest BCUT2D eigenvalue weighted by Gasteiger charge is 2.26. The van der Waals surface area contributed by atoms with Crippen molar-refractivity contribution < 1.29 is 18.9 Å². The Bertz CT molecular complexity index is 2650. The van der Waals surface area contributed by atoms with Crippen LogP contribution in [0.1, 0.15) is 0 Å². The highest BCUT2D eigenvalue weighted by atomic mass is 16.5. The van der Waals surface area contributed by atoms with Crippen molar-refractivity contribution in [1.82, 2.24) is 39.9 Å². The van der Waals surface area contributed by atoms with E-state index in [1.165, 1.54) is 0 Å². The van der Waals surface area contributed by atoms with E-state index >= 15 is 0 Å². The van der Waals surface area contributed by atoms with Gasteiger partial charge < -0.3 is 28.9 Å². The van der Waals surface area contributed by atoms with Gasteiger partial charge in [0.15, 0.2) is 23.3 Å². The van der Waals surface area contributed by atoms with Gasteiger partial charge in [0.25, 0.3) is 0 Å². The summed E-state index contributed by atoms with van der Waals surface area (Å²) in [5.41, 5.74) is 5.25. The minimum Gasteiger partial charge on any atom is -0.497 e. The Kier molecular flexibility index (Phi) is 6.06. The molecule has 0 unspecified atom stereocenters. The van der Waals surface area contributed by atoms with Gasteiger partial charge in [0.05, 0.1) is 39.6 Å². The average Bonchev–Trinajstić information content (AvgIpc) is 3.86. The summed E-state index contributed by atoms with van der Waals surface area (Å²) in [6.07, 6.45) is 0. The summed E-state index contributed by atoms with van der Waals surface area (Å²) < 4.78 is 22.8. The van der Waals surface area contributed by atoms with Crippen molar-refractivity contribution in [1.29, 1.82) is 0 Å². The molecule has 0 radical (unpaired) electrons. The maximum atomic E-state index is 5.79. The smallest absolute Gasteiger partial charge is 0.168 e. The number of nitrogens with one attached hydrogen (secondary N) is 2. The third-order valence-electron chi connectivity index (χ3n) is 8.66. The topological polar surface area (TPSA) is 146 Å². The molecule has 4 aromatic carbocycles. The van der Waals surface area contributed by atoms with Gasteiger partial charge in [-0.15, -0.1) is 0 Å². The second-order valence-electron chi connectivity index (χ2n) is 11.2. The van der Waals surface area contributed by atoms with Crippen LogP contribution in [0.15, 0.2) is 72.8 Å². The van der Waals surface area contributed by atoms with Crippen molar-refractivity contribution in [2.24, 2.45) is 0 Å². The van der Waals surface area contributed by atoms with Crippen LogP contribution in [0.5, 0.6) is 23.0 Å². The third kappa shape index (κ3) is 4.09. The third-order valence-corrected chi connectivity index (χ3v) is 8.66. The number of rotatable bonds is 4. The van der Waals surface area contributed by atoms with Gasteiger partial charge in [-0.05, 0) is 48.5 Å². The fourth-order valence-electron chi connectivity index (χ4n) is 6.38. The van der Waals surface area contributed by atoms with Crippen LogP contribution in [-0.4, -0.2) is 68.3 Å². The quantitative estimate of drug-likeness (QED) is 0.210. The molecule has 48 heavy (non-hydrogen) atoms. The summed E-state index contributed by atoms with van der Waals surface area (Å²) in [7, 11) is 6.52. The molecule has 3 aromatic heterocycles. The fourth-order valence-corrected chi connectivity index (χ4v) is 6.38. The van der Waals surface area contributed by atoms with Crippen LogP contribution in [-0.2, 0) is 0 Å². The molecule has 0 aliphatic carbocycles. The molecule has 234 valence electrons. The lowest BCUT2D eigenvalue weighted by Gasteiger charge is -2.05. The van der Waals surface area contributed by atoms with Crippen molar-refractivity contribution in [2.75, 3.05) is 28.4 Å². The van der Waals surface area contributed by atoms with Crippen molar-refractivity contribution in [3.8, 4) is 68.5 Å². The van der Waals surface area contributed by atoms with Gasteiger partial charge in [-0.25, -0.2) is 29.9 Å². The van der Waals surface area contributed by atoms with Gasteiger partial charge in [0.1, 0.15) is 45.6 Å². The lowest BCUT2D eigenvalue weighted by atomic mass is 10.1. The molecule has 2 aliphatic heterocycles. The number of aromatic amines is 2. The van der Waals surface area contributed by atoms with E-state index in [9.17, 15) is 0 Å². The largest absolute Gasteiger partial charge is 0.497 e. The van der Waals surface area contributed by atoms with Crippen LogP contribution in [0.4, 0.5) is 0 Å². The van der Waals surface area contributed by atoms with Crippen LogP contribution in [0.25, 0.3) is 89.7 Å². The molecule has 5 heterocycles. The van der Waals surface area contributed by atoms with Crippen LogP contribution >= 0.6 is 0 Å². The van der Waals surface area contributed by atoms with Crippen LogP contribution < -0.4 is 18.9 Å². The molecule has 0 saturated carbocycles. The monoisotopic (exact) mass is 634 g/mol. The van der Waals surface area contributed by atoms with Gasteiger partial charge >= 0.3 is 0 Å². The summed E-state index contributed by atoms with van der Waals surface area (Å²) in [4.78, 5) is 37.1. The highest BCUT2D eigenvalue weighted by molar-refractivity contribution is 6.07. The zero-order valence-electron chi connectivity index (χ0n) is 26.2. The molecule has 12 nitrogen and oxygen atoms in total. The van der Waals surface area contributed by atoms with Gasteiger partial charge in [-0.2, -0.15) is 0 Å². The Morgan fingerprint density at radius 1 is 0.417 bits per heavy atom. The Morgan fingerprint density at radius 2 is 0.833 bits per heavy atom. The van der Waals surface area contributed by atoms with E-state index in [0.717, 1.165) is 43.8 Å². The minimum atomic E-state index is 0.439. The normalized spacial score (nSPS) is 11.8. The lowest BCUT2D eigenvalue weighted by Crippen LogP contribution is -1.89. The SMILES string of the molecule is COc1ccc2c3nc4nc(nc5[nH]c(nc6nc(nc([nH]3)c2c1)-c1cccc(OC)c1-6)c1ccc(OC)cc51)-c1c(OC)cccc1-4. The molecule has 8 bridgehead atoms. The number of aromatic nitrogens is 8. The number of fused-ring (bicyclic) bond motifs is 20. The van der Waals surface area contributed by atoms with E-state index in [0.29, 0.717) is 68.9 Å². The van der Waals surface area contributed by atoms with Gasteiger partial charge in [-0.1, -0.05) is 24.3 Å². The first-order valence-electron chi connectivity index (χ1n) is 15.1. The first-order valence-corrected chi connectivity index (χ1v) is 15.1. The van der Waals surface area contributed by atoms with Gasteiger partial charge in [-0.3, -0.25) is 0 Å². The van der Waals surface area contributed by atoms with Crippen LogP contribution in [0.3, 0.4) is 0 Å². The first-order chi connectivity index (χ1) is 23.6. The molecule has 0 saturated heterocycles. The Morgan fingerprint density at radius 3 is 1.25 bits per heavy atom. The molecule has 2 N–H and O–H groups in total. The molecular weight excluding hydrogens is 608 g/mol. The zero-order valence-corrected chi connectivity index (χ0v) is 26.2. The fraction of sp³-hybridized carbons (Fsp3) is 0.111. The molecule has 2 aliphatic rings. The van der Waals surface area contributed by atoms with Gasteiger partial charge in [0, 0.05) is 32.7 Å². The van der Waals surface area contributed by atoms with E-state index < -0.39 is 0 Å². The molecule has 7 aromatic rings. The molecule has 9 rings (SSSR count). The molecule has 0 fully saturated rings. The lowest BCUT2D eigenvalue weighted by molar-refractivity contribution is 0.415. The molecule has 0 amide bonds. The van der Waals surface area contributed by atoms with Crippen molar-refractivity contribution in [3.05, 3.63) is 72.8 Å². The number of methoxy groups -OCH3 is 4. The van der Waals surface area contributed by atoms with Crippen molar-refractivity contribution >= 4 is 44.1 Å². The molecule has 0 spiro atoms. The van der Waals surface area contributed by atoms with E-state index in [1.54, 1.807) is 28.4 Å². The predicted octanol–water partition coefficient (Wildman–Crippen LogP) is 6.90. The average molecular weight is 635 g/mol. The summed E-state index contributed by atoms with van der Waals surface area (Å²) in [6.45, 7) is 0. The van der Waals surface area contributed by atoms with E-state index in [2.05, 4.69) is 9.97 Å². The Hall–Kier alpha value is -6.56. The highest BCUT2D eigenvalue weighted by Crippen LogP contribution is 2.43. The number of benzene rings is 4. The summed E-state index contributed by atoms with van der Waals surface area (Å²) in [5.74, 6) is 4.44. The van der Waals surface area contributed by atoms with Gasteiger partial charge in [0.2, 0.25) is 0 Å². The number of hydrogen-bond acceptors (Lipinski definition) is 10. The maximum absolute atomic E-state index is 5.79. The van der Waals surface area contributed by atoms with E-state index in [-0.39, 0.29) is 0 Å². The maximum Gasteiger partial charge on any atom is 0.168 e. The summed E-state index contributed by atoms with van der Waals surface area (Å²) in [5, 5.41) is 3.26. The summed E-state index contributed by atoms with van der Waals surface area (Å²) >= 11 is 0. The first kappa shape index (κ1) is 27.7. The second-order valence-corrected chi connectivity index (χ2v) is 11.2. The van der Waals surface area contributed by atoms with Crippen LogP contribution in [0, 0.1) is 0 Å². The molecular formula is C36H26N8O4. The van der Waals surface area contributed by atoms with Crippen molar-refractivity contribution in [2.45, 2.75) is 0 Å². The number of ether oxygens (including phenoxy) is 4. The Labute approximate surface area is 272 Å². The second kappa shape index (κ2) is 10.5. The number of hydrogen-bond donors (Lipinski definition) is 2. The summed E-state index contributed by atoms with van der Waals surface area (Å²) in [6, 6.07) is 23.0. The van der Waals surface area contributed by atoms with E-state index in [4.69, 9.17) is 48.9 Å². The molecule has 12 heteroatoms. The number of H-pyrrole nitrogens is 2. The predicted molar refractivity (Wildman–Crippen MR) is 182 cm³/mol. The minimum absolute atomic E-state index is 0.439. The van der Waals surface area contributed by atoms with E-state index in [1.807, 2.05) is 72.8 Å². The van der Waals surface area contributed by atoms with Crippen molar-refractivity contribution in [3.63, 3.8) is 0 Å². The zero-order chi connectivity index (χ0) is 32.5.